The van der Waals surface area contributed by atoms with E-state index in [1.54, 1.807) is 0 Å². The average Bonchev–Trinajstić information content (AvgIpc) is 3.09. The minimum absolute atomic E-state index is 0.0731. The van der Waals surface area contributed by atoms with Crippen molar-refractivity contribution in [2.24, 2.45) is 0 Å². The molecule has 0 radical (unpaired) electrons. The van der Waals surface area contributed by atoms with Crippen LogP contribution in [0.4, 0.5) is 19.0 Å². The fourth-order valence-corrected chi connectivity index (χ4v) is 1.87. The van der Waals surface area contributed by atoms with Gasteiger partial charge in [0.2, 0.25) is 0 Å². The molecule has 2 heterocycles. The number of carbonyl (C=O) groups is 1. The van der Waals surface area contributed by atoms with Crippen molar-refractivity contribution in [2.75, 3.05) is 5.32 Å². The Morgan fingerprint density at radius 2 is 1.83 bits per heavy atom. The summed E-state index contributed by atoms with van der Waals surface area (Å²) in [5.41, 5.74) is -0.751. The van der Waals surface area contributed by atoms with E-state index < -0.39 is 17.6 Å². The lowest BCUT2D eigenvalue weighted by molar-refractivity contribution is -0.137. The van der Waals surface area contributed by atoms with Crippen molar-refractivity contribution in [1.82, 2.24) is 24.7 Å². The first kappa shape index (κ1) is 15.6. The Labute approximate surface area is 133 Å². The number of carbonyl (C=O) groups excluding carboxylic acids is 1. The predicted octanol–water partition coefficient (Wildman–Crippen LogP) is 2.33. The van der Waals surface area contributed by atoms with Gasteiger partial charge in [0.15, 0.2) is 5.82 Å². The van der Waals surface area contributed by atoms with Crippen molar-refractivity contribution >= 4 is 11.7 Å². The molecular weight excluding hydrogens is 325 g/mol. The van der Waals surface area contributed by atoms with Crippen LogP contribution < -0.4 is 5.32 Å². The lowest BCUT2D eigenvalue weighted by atomic mass is 10.1. The number of alkyl halides is 3. The lowest BCUT2D eigenvalue weighted by Gasteiger charge is -2.08. The van der Waals surface area contributed by atoms with Gasteiger partial charge in [-0.05, 0) is 24.3 Å². The molecule has 0 bridgehead atoms. The van der Waals surface area contributed by atoms with Crippen LogP contribution in [0.25, 0.3) is 5.82 Å². The van der Waals surface area contributed by atoms with Crippen LogP contribution in [0.15, 0.2) is 49.3 Å². The Morgan fingerprint density at radius 3 is 2.46 bits per heavy atom. The third-order valence-corrected chi connectivity index (χ3v) is 3.02. The highest BCUT2D eigenvalue weighted by Gasteiger charge is 2.30. The van der Waals surface area contributed by atoms with Crippen LogP contribution in [0, 0.1) is 0 Å². The third-order valence-electron chi connectivity index (χ3n) is 3.02. The molecule has 7 nitrogen and oxygen atoms in total. The molecule has 0 saturated heterocycles. The number of nitrogens with zero attached hydrogens (tertiary/aromatic N) is 5. The molecule has 0 atom stereocenters. The second-order valence-electron chi connectivity index (χ2n) is 4.63. The Bertz CT molecular complexity index is 846. The lowest BCUT2D eigenvalue weighted by Crippen LogP contribution is -2.14. The number of aromatic nitrogens is 5. The standard InChI is InChI=1S/C14H9F3N6O/c15-14(16,17)10-3-1-9(2-4-10)13(24)22-11-5-12(20-7-19-11)23-8-18-6-21-23/h1-8H,(H,19,20,22,24). The first-order chi connectivity index (χ1) is 11.4. The van der Waals surface area contributed by atoms with Crippen molar-refractivity contribution in [3.63, 3.8) is 0 Å². The zero-order chi connectivity index (χ0) is 17.2. The number of halogens is 3. The van der Waals surface area contributed by atoms with Crippen molar-refractivity contribution in [1.29, 1.82) is 0 Å². The van der Waals surface area contributed by atoms with Gasteiger partial charge in [0.1, 0.15) is 24.8 Å². The summed E-state index contributed by atoms with van der Waals surface area (Å²) >= 11 is 0. The predicted molar refractivity (Wildman–Crippen MR) is 76.3 cm³/mol. The van der Waals surface area contributed by atoms with Crippen LogP contribution in [-0.2, 0) is 6.18 Å². The minimum atomic E-state index is -4.45. The SMILES string of the molecule is O=C(Nc1cc(-n2cncn2)ncn1)c1ccc(C(F)(F)F)cc1. The summed E-state index contributed by atoms with van der Waals surface area (Å²) in [6.45, 7) is 0. The number of hydrogen-bond donors (Lipinski definition) is 1. The second kappa shape index (κ2) is 6.07. The number of hydrogen-bond acceptors (Lipinski definition) is 5. The van der Waals surface area contributed by atoms with Crippen LogP contribution in [0.2, 0.25) is 0 Å². The molecule has 10 heteroatoms. The molecule has 3 aromatic rings. The van der Waals surface area contributed by atoms with Crippen LogP contribution in [-0.4, -0.2) is 30.6 Å². The van der Waals surface area contributed by atoms with Crippen molar-refractivity contribution in [3.05, 3.63) is 60.4 Å². The Balaban J connectivity index is 1.76. The maximum Gasteiger partial charge on any atom is 0.416 e. The molecule has 122 valence electrons. The molecule has 0 aliphatic rings. The fourth-order valence-electron chi connectivity index (χ4n) is 1.87. The zero-order valence-corrected chi connectivity index (χ0v) is 11.9. The van der Waals surface area contributed by atoms with E-state index in [0.29, 0.717) is 5.82 Å². The van der Waals surface area contributed by atoms with Gasteiger partial charge in [0.05, 0.1) is 5.56 Å². The van der Waals surface area contributed by atoms with Crippen LogP contribution in [0.5, 0.6) is 0 Å². The normalized spacial score (nSPS) is 11.3. The van der Waals surface area contributed by atoms with Gasteiger partial charge in [-0.2, -0.15) is 18.3 Å². The molecule has 0 spiro atoms. The molecule has 1 aromatic carbocycles. The van der Waals surface area contributed by atoms with E-state index in [-0.39, 0.29) is 11.4 Å². The van der Waals surface area contributed by atoms with Gasteiger partial charge >= 0.3 is 6.18 Å². The largest absolute Gasteiger partial charge is 0.416 e. The summed E-state index contributed by atoms with van der Waals surface area (Å²) in [5, 5.41) is 6.38. The monoisotopic (exact) mass is 334 g/mol. The van der Waals surface area contributed by atoms with E-state index >= 15 is 0 Å². The highest BCUT2D eigenvalue weighted by Crippen LogP contribution is 2.29. The van der Waals surface area contributed by atoms with Gasteiger partial charge in [0.25, 0.3) is 5.91 Å². The first-order valence-electron chi connectivity index (χ1n) is 6.59. The molecule has 24 heavy (non-hydrogen) atoms. The summed E-state index contributed by atoms with van der Waals surface area (Å²) in [4.78, 5) is 23.7. The molecule has 0 aliphatic carbocycles. The molecule has 0 fully saturated rings. The van der Waals surface area contributed by atoms with E-state index in [9.17, 15) is 18.0 Å². The number of rotatable bonds is 3. The number of amides is 1. The molecule has 1 N–H and O–H groups in total. The summed E-state index contributed by atoms with van der Waals surface area (Å²) < 4.78 is 38.9. The Hall–Kier alpha value is -3.30. The summed E-state index contributed by atoms with van der Waals surface area (Å²) in [7, 11) is 0. The quantitative estimate of drug-likeness (QED) is 0.794. The second-order valence-corrected chi connectivity index (χ2v) is 4.63. The Kier molecular flexibility index (Phi) is 3.94. The Morgan fingerprint density at radius 1 is 1.08 bits per heavy atom. The van der Waals surface area contributed by atoms with E-state index in [0.717, 1.165) is 24.3 Å². The van der Waals surface area contributed by atoms with Crippen LogP contribution in [0.3, 0.4) is 0 Å². The smallest absolute Gasteiger partial charge is 0.306 e. The molecule has 2 aromatic heterocycles. The molecule has 1 amide bonds. The molecule has 3 rings (SSSR count). The van der Waals surface area contributed by atoms with Gasteiger partial charge in [-0.1, -0.05) is 0 Å². The topological polar surface area (TPSA) is 85.6 Å². The average molecular weight is 334 g/mol. The zero-order valence-electron chi connectivity index (χ0n) is 11.9. The van der Waals surface area contributed by atoms with E-state index in [1.165, 1.54) is 29.7 Å². The summed E-state index contributed by atoms with van der Waals surface area (Å²) in [6, 6.07) is 5.33. The summed E-state index contributed by atoms with van der Waals surface area (Å²) in [5.74, 6) is -0.0300. The molecule has 0 aliphatic heterocycles. The number of anilines is 1. The van der Waals surface area contributed by atoms with Crippen molar-refractivity contribution in [3.8, 4) is 5.82 Å². The fraction of sp³-hybridized carbons (Fsp3) is 0.0714. The number of nitrogens with one attached hydrogen (secondary N) is 1. The van der Waals surface area contributed by atoms with Crippen molar-refractivity contribution in [2.45, 2.75) is 6.18 Å². The molecule has 0 unspecified atom stereocenters. The minimum Gasteiger partial charge on any atom is -0.306 e. The highest BCUT2D eigenvalue weighted by molar-refractivity contribution is 6.03. The van der Waals surface area contributed by atoms with Gasteiger partial charge in [-0.25, -0.2) is 19.6 Å². The van der Waals surface area contributed by atoms with Gasteiger partial charge in [-0.15, -0.1) is 0 Å². The maximum absolute atomic E-state index is 12.5. The third kappa shape index (κ3) is 3.37. The van der Waals surface area contributed by atoms with Crippen LogP contribution in [0.1, 0.15) is 15.9 Å². The van der Waals surface area contributed by atoms with E-state index in [4.69, 9.17) is 0 Å². The maximum atomic E-state index is 12.5. The highest BCUT2D eigenvalue weighted by atomic mass is 19.4. The van der Waals surface area contributed by atoms with Gasteiger partial charge in [-0.3, -0.25) is 4.79 Å². The van der Waals surface area contributed by atoms with Gasteiger partial charge in [0, 0.05) is 11.6 Å². The summed E-state index contributed by atoms with van der Waals surface area (Å²) in [6.07, 6.45) is -0.486. The van der Waals surface area contributed by atoms with E-state index in [2.05, 4.69) is 25.4 Å². The van der Waals surface area contributed by atoms with Crippen molar-refractivity contribution < 1.29 is 18.0 Å². The molecular formula is C14H9F3N6O. The molecule has 0 saturated carbocycles. The first-order valence-corrected chi connectivity index (χ1v) is 6.59. The van der Waals surface area contributed by atoms with Crippen LogP contribution >= 0.6 is 0 Å². The number of benzene rings is 1. The van der Waals surface area contributed by atoms with Gasteiger partial charge < -0.3 is 5.32 Å². The van der Waals surface area contributed by atoms with E-state index in [1.807, 2.05) is 0 Å².